The van der Waals surface area contributed by atoms with E-state index in [0.29, 0.717) is 5.92 Å². The Balaban J connectivity index is 1.96. The van der Waals surface area contributed by atoms with Crippen molar-refractivity contribution < 1.29 is 14.6 Å². The summed E-state index contributed by atoms with van der Waals surface area (Å²) in [7, 11) is 1.70. The van der Waals surface area contributed by atoms with E-state index in [9.17, 15) is 5.11 Å². The number of hydrogen-bond donors (Lipinski definition) is 2. The van der Waals surface area contributed by atoms with Crippen LogP contribution >= 0.6 is 0 Å². The van der Waals surface area contributed by atoms with E-state index in [0.717, 1.165) is 12.8 Å². The Hall–Kier alpha value is -0.160. The summed E-state index contributed by atoms with van der Waals surface area (Å²) in [6.07, 6.45) is 1.46. The predicted molar refractivity (Wildman–Crippen MR) is 49.7 cm³/mol. The molecule has 0 aromatic rings. The lowest BCUT2D eigenvalue weighted by Crippen LogP contribution is -2.53. The molecule has 3 N–H and O–H groups in total. The third-order valence-electron chi connectivity index (χ3n) is 4.38. The van der Waals surface area contributed by atoms with Gasteiger partial charge in [-0.15, -0.1) is 0 Å². The molecular formula is C10H17NO3. The van der Waals surface area contributed by atoms with Gasteiger partial charge in [-0.3, -0.25) is 0 Å². The van der Waals surface area contributed by atoms with E-state index in [1.165, 1.54) is 0 Å². The first-order valence-corrected chi connectivity index (χ1v) is 5.23. The zero-order valence-corrected chi connectivity index (χ0v) is 8.56. The van der Waals surface area contributed by atoms with Crippen LogP contribution in [-0.2, 0) is 9.47 Å². The summed E-state index contributed by atoms with van der Waals surface area (Å²) in [5.41, 5.74) is 4.89. The van der Waals surface area contributed by atoms with Crippen LogP contribution in [0.1, 0.15) is 19.8 Å². The van der Waals surface area contributed by atoms with Crippen LogP contribution < -0.4 is 5.73 Å². The van der Waals surface area contributed by atoms with Crippen LogP contribution in [0.25, 0.3) is 0 Å². The molecule has 4 nitrogen and oxygen atoms in total. The molecule has 3 fully saturated rings. The van der Waals surface area contributed by atoms with Crippen LogP contribution in [0.4, 0.5) is 0 Å². The average molecular weight is 199 g/mol. The topological polar surface area (TPSA) is 64.7 Å². The molecule has 14 heavy (non-hydrogen) atoms. The van der Waals surface area contributed by atoms with Crippen molar-refractivity contribution in [3.05, 3.63) is 0 Å². The Labute approximate surface area is 83.4 Å². The van der Waals surface area contributed by atoms with Gasteiger partial charge in [0.15, 0.2) is 0 Å². The highest BCUT2D eigenvalue weighted by molar-refractivity contribution is 5.28. The van der Waals surface area contributed by atoms with Crippen molar-refractivity contribution in [3.63, 3.8) is 0 Å². The standard InChI is InChI=1S/C10H17NO3/c1-5-7(11)9(12)3-6-4-10(6,13-2)8(9)14-5/h5-8,12H,3-4,11H2,1-2H3/t5-,6+,7+,8-,9-,10+/m0/s1. The molecule has 0 aromatic carbocycles. The van der Waals surface area contributed by atoms with E-state index in [2.05, 4.69) is 0 Å². The second-order valence-corrected chi connectivity index (χ2v) is 5.00. The summed E-state index contributed by atoms with van der Waals surface area (Å²) in [5, 5.41) is 10.4. The SMILES string of the molecule is CO[C@]12C[C@H]1C[C@]1(O)[C@H](N)[C@H](C)O[C@@H]12. The Morgan fingerprint density at radius 3 is 2.86 bits per heavy atom. The monoisotopic (exact) mass is 199 g/mol. The van der Waals surface area contributed by atoms with E-state index in [-0.39, 0.29) is 23.9 Å². The summed E-state index contributed by atoms with van der Waals surface area (Å²) in [4.78, 5) is 0. The van der Waals surface area contributed by atoms with Crippen molar-refractivity contribution in [1.29, 1.82) is 0 Å². The largest absolute Gasteiger partial charge is 0.385 e. The smallest absolute Gasteiger partial charge is 0.117 e. The van der Waals surface area contributed by atoms with Gasteiger partial charge >= 0.3 is 0 Å². The first-order valence-electron chi connectivity index (χ1n) is 5.23. The lowest BCUT2D eigenvalue weighted by molar-refractivity contribution is -0.107. The third kappa shape index (κ3) is 0.758. The van der Waals surface area contributed by atoms with Gasteiger partial charge in [0.1, 0.15) is 17.3 Å². The van der Waals surface area contributed by atoms with Crippen molar-refractivity contribution in [2.45, 2.75) is 49.2 Å². The zero-order chi connectivity index (χ0) is 10.1. The second kappa shape index (κ2) is 2.32. The number of hydrogen-bond acceptors (Lipinski definition) is 4. The summed E-state index contributed by atoms with van der Waals surface area (Å²) in [5.74, 6) is 0.445. The highest BCUT2D eigenvalue weighted by Gasteiger charge is 2.77. The minimum absolute atomic E-state index is 0.0708. The molecule has 0 bridgehead atoms. The van der Waals surface area contributed by atoms with Crippen molar-refractivity contribution in [2.24, 2.45) is 11.7 Å². The first kappa shape index (κ1) is 9.09. The maximum Gasteiger partial charge on any atom is 0.117 e. The molecule has 3 aliphatic rings. The van der Waals surface area contributed by atoms with Gasteiger partial charge in [-0.05, 0) is 25.7 Å². The van der Waals surface area contributed by atoms with Crippen molar-refractivity contribution in [1.82, 2.24) is 0 Å². The molecule has 80 valence electrons. The van der Waals surface area contributed by atoms with E-state index in [1.807, 2.05) is 6.92 Å². The molecule has 6 atom stereocenters. The Kier molecular flexibility index (Phi) is 1.51. The number of fused-ring (bicyclic) bond motifs is 3. The van der Waals surface area contributed by atoms with Gasteiger partial charge in [-0.1, -0.05) is 0 Å². The Morgan fingerprint density at radius 1 is 1.50 bits per heavy atom. The minimum atomic E-state index is -0.849. The number of ether oxygens (including phenoxy) is 2. The molecule has 0 aromatic heterocycles. The lowest BCUT2D eigenvalue weighted by Gasteiger charge is -2.30. The lowest BCUT2D eigenvalue weighted by atomic mass is 9.87. The van der Waals surface area contributed by atoms with Gasteiger partial charge in [0.2, 0.25) is 0 Å². The van der Waals surface area contributed by atoms with Crippen LogP contribution in [0.15, 0.2) is 0 Å². The van der Waals surface area contributed by atoms with Crippen LogP contribution in [0, 0.1) is 5.92 Å². The van der Waals surface area contributed by atoms with E-state index >= 15 is 0 Å². The van der Waals surface area contributed by atoms with Gasteiger partial charge < -0.3 is 20.3 Å². The third-order valence-corrected chi connectivity index (χ3v) is 4.38. The van der Waals surface area contributed by atoms with Gasteiger partial charge in [0.05, 0.1) is 12.1 Å². The van der Waals surface area contributed by atoms with Gasteiger partial charge in [0.25, 0.3) is 0 Å². The molecule has 0 radical (unpaired) electrons. The quantitative estimate of drug-likeness (QED) is 0.605. The molecule has 1 heterocycles. The Morgan fingerprint density at radius 2 is 2.21 bits per heavy atom. The van der Waals surface area contributed by atoms with Gasteiger partial charge in [-0.2, -0.15) is 0 Å². The van der Waals surface area contributed by atoms with Gasteiger partial charge in [0, 0.05) is 7.11 Å². The molecule has 3 rings (SSSR count). The molecule has 0 unspecified atom stereocenters. The fourth-order valence-electron chi connectivity index (χ4n) is 3.42. The number of rotatable bonds is 1. The molecular weight excluding hydrogens is 182 g/mol. The fraction of sp³-hybridized carbons (Fsp3) is 1.00. The summed E-state index contributed by atoms with van der Waals surface area (Å²) >= 11 is 0. The van der Waals surface area contributed by atoms with Crippen molar-refractivity contribution >= 4 is 0 Å². The van der Waals surface area contributed by atoms with Crippen molar-refractivity contribution in [3.8, 4) is 0 Å². The van der Waals surface area contributed by atoms with Crippen LogP contribution in [0.2, 0.25) is 0 Å². The highest BCUT2D eigenvalue weighted by Crippen LogP contribution is 2.65. The van der Waals surface area contributed by atoms with Crippen LogP contribution in [0.5, 0.6) is 0 Å². The maximum absolute atomic E-state index is 10.4. The van der Waals surface area contributed by atoms with Gasteiger partial charge in [-0.25, -0.2) is 0 Å². The number of methoxy groups -OCH3 is 1. The highest BCUT2D eigenvalue weighted by atomic mass is 16.6. The summed E-state index contributed by atoms with van der Waals surface area (Å²) < 4.78 is 11.3. The van der Waals surface area contributed by atoms with Crippen LogP contribution in [-0.4, -0.2) is 41.7 Å². The molecule has 1 aliphatic heterocycles. The van der Waals surface area contributed by atoms with Crippen LogP contribution in [0.3, 0.4) is 0 Å². The molecule has 0 spiro atoms. The maximum atomic E-state index is 10.4. The van der Waals surface area contributed by atoms with E-state index in [1.54, 1.807) is 7.11 Å². The molecule has 0 amide bonds. The van der Waals surface area contributed by atoms with E-state index in [4.69, 9.17) is 15.2 Å². The molecule has 2 saturated carbocycles. The molecule has 2 aliphatic carbocycles. The zero-order valence-electron chi connectivity index (χ0n) is 8.56. The summed E-state index contributed by atoms with van der Waals surface area (Å²) in [6.45, 7) is 1.92. The second-order valence-electron chi connectivity index (χ2n) is 5.00. The minimum Gasteiger partial charge on any atom is -0.385 e. The van der Waals surface area contributed by atoms with E-state index < -0.39 is 5.60 Å². The fourth-order valence-corrected chi connectivity index (χ4v) is 3.42. The number of aliphatic hydroxyl groups is 1. The summed E-state index contributed by atoms with van der Waals surface area (Å²) in [6, 6.07) is -0.271. The first-order chi connectivity index (χ1) is 6.54. The Bertz CT molecular complexity index is 281. The normalized spacial score (nSPS) is 65.1. The number of nitrogens with two attached hydrogens (primary N) is 1. The predicted octanol–water partition coefficient (Wildman–Crippen LogP) is -0.359. The van der Waals surface area contributed by atoms with Crippen molar-refractivity contribution in [2.75, 3.05) is 7.11 Å². The molecule has 1 saturated heterocycles. The molecule has 4 heteroatoms. The average Bonchev–Trinajstić information content (AvgIpc) is 2.73.